The summed E-state index contributed by atoms with van der Waals surface area (Å²) in [6.45, 7) is 0.890. The Morgan fingerprint density at radius 3 is 2.33 bits per heavy atom. The Kier molecular flexibility index (Phi) is 4.16. The number of halogens is 3. The number of ether oxygens (including phenoxy) is 4. The van der Waals surface area contributed by atoms with Crippen LogP contribution in [0.3, 0.4) is 0 Å². The van der Waals surface area contributed by atoms with Crippen molar-refractivity contribution >= 4 is 23.1 Å². The molecular formula is C19H13F3N4O4. The lowest BCUT2D eigenvalue weighted by Gasteiger charge is -2.19. The maximum atomic E-state index is 14.2. The highest BCUT2D eigenvalue weighted by atomic mass is 19.3. The van der Waals surface area contributed by atoms with Crippen LogP contribution in [-0.4, -0.2) is 29.5 Å². The van der Waals surface area contributed by atoms with E-state index in [2.05, 4.69) is 30.1 Å². The Labute approximate surface area is 167 Å². The Morgan fingerprint density at radius 1 is 0.833 bits per heavy atom. The monoisotopic (exact) mass is 418 g/mol. The average Bonchev–Trinajstić information content (AvgIpc) is 3.03. The van der Waals surface area contributed by atoms with Crippen LogP contribution in [0.25, 0.3) is 0 Å². The van der Waals surface area contributed by atoms with E-state index in [0.29, 0.717) is 36.1 Å². The highest BCUT2D eigenvalue weighted by Crippen LogP contribution is 2.42. The molecule has 0 atom stereocenters. The summed E-state index contributed by atoms with van der Waals surface area (Å²) >= 11 is 0. The van der Waals surface area contributed by atoms with Crippen molar-refractivity contribution in [3.8, 4) is 23.0 Å². The van der Waals surface area contributed by atoms with Crippen LogP contribution < -0.4 is 29.6 Å². The number of benzene rings is 2. The molecule has 3 aromatic rings. The van der Waals surface area contributed by atoms with Gasteiger partial charge in [-0.15, -0.1) is 8.78 Å². The molecule has 0 amide bonds. The molecule has 0 aliphatic carbocycles. The van der Waals surface area contributed by atoms with E-state index >= 15 is 0 Å². The minimum atomic E-state index is -3.71. The van der Waals surface area contributed by atoms with E-state index in [4.69, 9.17) is 9.47 Å². The average molecular weight is 418 g/mol. The van der Waals surface area contributed by atoms with Crippen LogP contribution in [0, 0.1) is 5.82 Å². The van der Waals surface area contributed by atoms with Crippen molar-refractivity contribution in [1.29, 1.82) is 0 Å². The van der Waals surface area contributed by atoms with Crippen molar-refractivity contribution in [1.82, 2.24) is 9.97 Å². The SMILES string of the molecule is Fc1cnc(Nc2ccc3c(c2)OC(F)(F)O3)nc1Nc1ccc2c(c1)OCCO2. The zero-order valence-electron chi connectivity index (χ0n) is 15.1. The molecule has 2 N–H and O–H groups in total. The van der Waals surface area contributed by atoms with Crippen molar-refractivity contribution in [2.75, 3.05) is 23.8 Å². The fourth-order valence-electron chi connectivity index (χ4n) is 2.93. The number of hydrogen-bond acceptors (Lipinski definition) is 8. The molecular weight excluding hydrogens is 405 g/mol. The van der Waals surface area contributed by atoms with Crippen molar-refractivity contribution in [2.24, 2.45) is 0 Å². The maximum absolute atomic E-state index is 14.2. The number of rotatable bonds is 4. The van der Waals surface area contributed by atoms with Crippen molar-refractivity contribution in [3.05, 3.63) is 48.4 Å². The summed E-state index contributed by atoms with van der Waals surface area (Å²) < 4.78 is 60.2. The zero-order chi connectivity index (χ0) is 20.7. The topological polar surface area (TPSA) is 86.8 Å². The maximum Gasteiger partial charge on any atom is 0.586 e. The van der Waals surface area contributed by atoms with E-state index in [1.165, 1.54) is 18.2 Å². The van der Waals surface area contributed by atoms with E-state index in [9.17, 15) is 13.2 Å². The molecule has 0 radical (unpaired) electrons. The third-order valence-corrected chi connectivity index (χ3v) is 4.21. The van der Waals surface area contributed by atoms with Gasteiger partial charge in [-0.3, -0.25) is 0 Å². The second kappa shape index (κ2) is 6.87. The van der Waals surface area contributed by atoms with Gasteiger partial charge in [0.15, 0.2) is 34.6 Å². The zero-order valence-corrected chi connectivity index (χ0v) is 15.1. The Bertz CT molecular complexity index is 1130. The van der Waals surface area contributed by atoms with E-state index in [1.54, 1.807) is 18.2 Å². The van der Waals surface area contributed by atoms with Gasteiger partial charge in [-0.25, -0.2) is 9.37 Å². The van der Waals surface area contributed by atoms with Crippen molar-refractivity contribution < 1.29 is 32.1 Å². The third kappa shape index (κ3) is 3.56. The van der Waals surface area contributed by atoms with Crippen LogP contribution in [0.15, 0.2) is 42.6 Å². The molecule has 154 valence electrons. The number of aromatic nitrogens is 2. The minimum absolute atomic E-state index is 0.0436. The third-order valence-electron chi connectivity index (χ3n) is 4.21. The second-order valence-electron chi connectivity index (χ2n) is 6.33. The summed E-state index contributed by atoms with van der Waals surface area (Å²) in [6.07, 6.45) is -2.73. The largest absolute Gasteiger partial charge is 0.586 e. The standard InChI is InChI=1S/C19H13F3N4O4/c20-12-9-23-18(25-11-2-4-14-16(8-11)30-19(21,22)29-14)26-17(12)24-10-1-3-13-15(7-10)28-6-5-27-13/h1-4,7-9H,5-6H2,(H2,23,24,25,26). The van der Waals surface area contributed by atoms with Crippen molar-refractivity contribution in [3.63, 3.8) is 0 Å². The molecule has 3 heterocycles. The van der Waals surface area contributed by atoms with E-state index in [-0.39, 0.29) is 23.3 Å². The molecule has 11 heteroatoms. The van der Waals surface area contributed by atoms with Gasteiger partial charge in [-0.2, -0.15) is 4.98 Å². The van der Waals surface area contributed by atoms with E-state index in [1.807, 2.05) is 0 Å². The van der Waals surface area contributed by atoms with Gasteiger partial charge in [0.05, 0.1) is 6.20 Å². The van der Waals surface area contributed by atoms with Gasteiger partial charge in [0.25, 0.3) is 0 Å². The molecule has 0 saturated carbocycles. The highest BCUT2D eigenvalue weighted by Gasteiger charge is 2.43. The quantitative estimate of drug-likeness (QED) is 0.652. The molecule has 0 bridgehead atoms. The molecule has 0 fully saturated rings. The lowest BCUT2D eigenvalue weighted by Crippen LogP contribution is -2.25. The predicted molar refractivity (Wildman–Crippen MR) is 98.6 cm³/mol. The number of nitrogens with zero attached hydrogens (tertiary/aromatic N) is 2. The Balaban J connectivity index is 1.36. The summed E-state index contributed by atoms with van der Waals surface area (Å²) in [5, 5.41) is 5.67. The summed E-state index contributed by atoms with van der Waals surface area (Å²) in [5.41, 5.74) is 0.889. The molecule has 0 saturated heterocycles. The molecule has 0 spiro atoms. The fraction of sp³-hybridized carbons (Fsp3) is 0.158. The van der Waals surface area contributed by atoms with Crippen LogP contribution in [0.1, 0.15) is 0 Å². The molecule has 2 aliphatic heterocycles. The van der Waals surface area contributed by atoms with Gasteiger partial charge >= 0.3 is 6.29 Å². The number of nitrogens with one attached hydrogen (secondary N) is 2. The Hall–Kier alpha value is -3.89. The van der Waals surface area contributed by atoms with Gasteiger partial charge in [-0.05, 0) is 24.3 Å². The van der Waals surface area contributed by atoms with E-state index in [0.717, 1.165) is 6.20 Å². The molecule has 0 unspecified atom stereocenters. The van der Waals surface area contributed by atoms with Gasteiger partial charge < -0.3 is 29.6 Å². The Morgan fingerprint density at radius 2 is 1.50 bits per heavy atom. The van der Waals surface area contributed by atoms with Crippen LogP contribution in [0.5, 0.6) is 23.0 Å². The summed E-state index contributed by atoms with van der Waals surface area (Å²) in [7, 11) is 0. The lowest BCUT2D eigenvalue weighted by atomic mass is 10.2. The number of hydrogen-bond donors (Lipinski definition) is 2. The molecule has 30 heavy (non-hydrogen) atoms. The number of alkyl halides is 2. The van der Waals surface area contributed by atoms with Gasteiger partial charge in [-0.1, -0.05) is 0 Å². The molecule has 2 aromatic carbocycles. The molecule has 8 nitrogen and oxygen atoms in total. The van der Waals surface area contributed by atoms with Gasteiger partial charge in [0.2, 0.25) is 5.95 Å². The molecule has 2 aliphatic rings. The molecule has 1 aromatic heterocycles. The van der Waals surface area contributed by atoms with Crippen LogP contribution in [0.4, 0.5) is 36.3 Å². The van der Waals surface area contributed by atoms with Crippen LogP contribution in [0.2, 0.25) is 0 Å². The van der Waals surface area contributed by atoms with E-state index < -0.39 is 12.1 Å². The minimum Gasteiger partial charge on any atom is -0.486 e. The summed E-state index contributed by atoms with van der Waals surface area (Å²) in [6, 6.07) is 9.16. The number of anilines is 4. The number of fused-ring (bicyclic) bond motifs is 2. The summed E-state index contributed by atoms with van der Waals surface area (Å²) in [5.74, 6) is 0.189. The van der Waals surface area contributed by atoms with Crippen molar-refractivity contribution in [2.45, 2.75) is 6.29 Å². The van der Waals surface area contributed by atoms with Crippen LogP contribution in [-0.2, 0) is 0 Å². The summed E-state index contributed by atoms with van der Waals surface area (Å²) in [4.78, 5) is 7.96. The van der Waals surface area contributed by atoms with Crippen LogP contribution >= 0.6 is 0 Å². The van der Waals surface area contributed by atoms with Gasteiger partial charge in [0, 0.05) is 23.5 Å². The first kappa shape index (κ1) is 18.2. The second-order valence-corrected chi connectivity index (χ2v) is 6.33. The first-order chi connectivity index (χ1) is 14.4. The lowest BCUT2D eigenvalue weighted by molar-refractivity contribution is -0.286. The first-order valence-electron chi connectivity index (χ1n) is 8.81. The smallest absolute Gasteiger partial charge is 0.486 e. The highest BCUT2D eigenvalue weighted by molar-refractivity contribution is 5.64. The fourth-order valence-corrected chi connectivity index (χ4v) is 2.93. The molecule has 5 rings (SSSR count). The normalized spacial score (nSPS) is 15.6. The predicted octanol–water partition coefficient (Wildman–Crippen LogP) is 4.20. The first-order valence-corrected chi connectivity index (χ1v) is 8.81. The van der Waals surface area contributed by atoms with Gasteiger partial charge in [0.1, 0.15) is 13.2 Å².